The lowest BCUT2D eigenvalue weighted by atomic mass is 10.2. The first kappa shape index (κ1) is 12.5. The predicted molar refractivity (Wildman–Crippen MR) is 60.9 cm³/mol. The van der Waals surface area contributed by atoms with E-state index in [-0.39, 0.29) is 6.17 Å². The van der Waals surface area contributed by atoms with E-state index in [0.717, 1.165) is 6.42 Å². The van der Waals surface area contributed by atoms with Crippen molar-refractivity contribution < 1.29 is 9.53 Å². The van der Waals surface area contributed by atoms with Crippen molar-refractivity contribution in [2.75, 3.05) is 0 Å². The minimum atomic E-state index is -0.475. The van der Waals surface area contributed by atoms with E-state index in [1.807, 2.05) is 38.5 Å². The summed E-state index contributed by atoms with van der Waals surface area (Å²) >= 11 is 0. The number of amides is 1. The third-order valence-corrected chi connectivity index (χ3v) is 1.95. The molecule has 0 aliphatic heterocycles. The summed E-state index contributed by atoms with van der Waals surface area (Å²) in [5.41, 5.74) is -0.475. The largest absolute Gasteiger partial charge is 0.444 e. The molecule has 0 spiro atoms. The summed E-state index contributed by atoms with van der Waals surface area (Å²) in [5, 5.41) is 2.79. The molecular weight excluding hydrogens is 206 g/mol. The van der Waals surface area contributed by atoms with Crippen molar-refractivity contribution in [2.24, 2.45) is 0 Å². The van der Waals surface area contributed by atoms with E-state index in [0.29, 0.717) is 0 Å². The number of nitrogens with one attached hydrogen (secondary N) is 1. The number of aromatic nitrogens is 2. The van der Waals surface area contributed by atoms with Crippen LogP contribution in [0.15, 0.2) is 18.7 Å². The molecule has 0 bridgehead atoms. The van der Waals surface area contributed by atoms with E-state index in [1.54, 1.807) is 12.5 Å². The number of carbonyl (C=O) groups is 1. The van der Waals surface area contributed by atoms with Crippen LogP contribution in [0.4, 0.5) is 4.79 Å². The second-order valence-electron chi connectivity index (χ2n) is 4.58. The molecule has 1 aromatic rings. The Labute approximate surface area is 95.8 Å². The van der Waals surface area contributed by atoms with Gasteiger partial charge in [0.2, 0.25) is 0 Å². The molecule has 1 aromatic heterocycles. The van der Waals surface area contributed by atoms with Gasteiger partial charge in [0.25, 0.3) is 0 Å². The van der Waals surface area contributed by atoms with Crippen molar-refractivity contribution in [3.63, 3.8) is 0 Å². The lowest BCUT2D eigenvalue weighted by molar-refractivity contribution is 0.0480. The maximum atomic E-state index is 11.6. The topological polar surface area (TPSA) is 56.1 Å². The Hall–Kier alpha value is -1.52. The number of rotatable bonds is 3. The molecule has 1 heterocycles. The fourth-order valence-electron chi connectivity index (χ4n) is 1.28. The van der Waals surface area contributed by atoms with Crippen molar-refractivity contribution in [1.82, 2.24) is 14.9 Å². The van der Waals surface area contributed by atoms with Gasteiger partial charge in [-0.15, -0.1) is 0 Å². The van der Waals surface area contributed by atoms with Crippen LogP contribution in [0.2, 0.25) is 0 Å². The maximum absolute atomic E-state index is 11.6. The maximum Gasteiger partial charge on any atom is 0.409 e. The second-order valence-corrected chi connectivity index (χ2v) is 4.58. The van der Waals surface area contributed by atoms with Crippen LogP contribution in [0.3, 0.4) is 0 Å². The second kappa shape index (κ2) is 5.01. The molecule has 0 aliphatic rings. The number of hydrogen-bond acceptors (Lipinski definition) is 3. The summed E-state index contributed by atoms with van der Waals surface area (Å²) in [6.07, 6.45) is 5.41. The van der Waals surface area contributed by atoms with E-state index >= 15 is 0 Å². The number of nitrogens with zero attached hydrogens (tertiary/aromatic N) is 2. The minimum Gasteiger partial charge on any atom is -0.444 e. The van der Waals surface area contributed by atoms with Gasteiger partial charge in [-0.25, -0.2) is 9.78 Å². The SMILES string of the molecule is CCC(NC(=O)OC(C)(C)C)n1ccnc1. The predicted octanol–water partition coefficient (Wildman–Crippen LogP) is 2.32. The average molecular weight is 225 g/mol. The van der Waals surface area contributed by atoms with Crippen molar-refractivity contribution in [1.29, 1.82) is 0 Å². The van der Waals surface area contributed by atoms with Crippen molar-refractivity contribution in [3.8, 4) is 0 Å². The molecule has 5 heteroatoms. The highest BCUT2D eigenvalue weighted by atomic mass is 16.6. The average Bonchev–Trinajstić information content (AvgIpc) is 2.63. The molecule has 5 nitrogen and oxygen atoms in total. The van der Waals surface area contributed by atoms with Gasteiger partial charge in [0, 0.05) is 12.4 Å². The van der Waals surface area contributed by atoms with Crippen LogP contribution < -0.4 is 5.32 Å². The molecular formula is C11H19N3O2. The fraction of sp³-hybridized carbons (Fsp3) is 0.636. The summed E-state index contributed by atoms with van der Waals surface area (Å²) < 4.78 is 7.02. The highest BCUT2D eigenvalue weighted by Gasteiger charge is 2.19. The zero-order chi connectivity index (χ0) is 12.2. The molecule has 0 saturated heterocycles. The molecule has 16 heavy (non-hydrogen) atoms. The molecule has 0 fully saturated rings. The highest BCUT2D eigenvalue weighted by molar-refractivity contribution is 5.67. The zero-order valence-electron chi connectivity index (χ0n) is 10.2. The van der Waals surface area contributed by atoms with Crippen LogP contribution in [0.25, 0.3) is 0 Å². The van der Waals surface area contributed by atoms with Gasteiger partial charge in [-0.1, -0.05) is 6.92 Å². The van der Waals surface area contributed by atoms with Crippen LogP contribution in [0.5, 0.6) is 0 Å². The van der Waals surface area contributed by atoms with Gasteiger partial charge in [-0.05, 0) is 27.2 Å². The molecule has 1 unspecified atom stereocenters. The summed E-state index contributed by atoms with van der Waals surface area (Å²) in [5.74, 6) is 0. The fourth-order valence-corrected chi connectivity index (χ4v) is 1.28. The first-order valence-electron chi connectivity index (χ1n) is 5.39. The molecule has 1 atom stereocenters. The van der Waals surface area contributed by atoms with Crippen molar-refractivity contribution in [3.05, 3.63) is 18.7 Å². The first-order chi connectivity index (χ1) is 7.42. The van der Waals surface area contributed by atoms with Gasteiger partial charge in [0.15, 0.2) is 0 Å². The van der Waals surface area contributed by atoms with Crippen LogP contribution >= 0.6 is 0 Å². The van der Waals surface area contributed by atoms with Crippen LogP contribution in [0.1, 0.15) is 40.3 Å². The summed E-state index contributed by atoms with van der Waals surface area (Å²) in [4.78, 5) is 15.5. The normalized spacial score (nSPS) is 13.2. The quantitative estimate of drug-likeness (QED) is 0.858. The van der Waals surface area contributed by atoms with E-state index in [4.69, 9.17) is 4.74 Å². The van der Waals surface area contributed by atoms with Gasteiger partial charge >= 0.3 is 6.09 Å². The van der Waals surface area contributed by atoms with Crippen LogP contribution in [0, 0.1) is 0 Å². The standard InChI is InChI=1S/C11H19N3O2/c1-5-9(14-7-6-12-8-14)13-10(15)16-11(2,3)4/h6-9H,5H2,1-4H3,(H,13,15). The Morgan fingerprint density at radius 2 is 2.25 bits per heavy atom. The summed E-state index contributed by atoms with van der Waals surface area (Å²) in [6.45, 7) is 7.50. The summed E-state index contributed by atoms with van der Waals surface area (Å²) in [6, 6.07) is 0. The molecule has 1 rings (SSSR count). The number of ether oxygens (including phenoxy) is 1. The molecule has 1 N–H and O–H groups in total. The number of carbonyl (C=O) groups excluding carboxylic acids is 1. The minimum absolute atomic E-state index is 0.114. The van der Waals surface area contributed by atoms with E-state index in [1.165, 1.54) is 0 Å². The monoisotopic (exact) mass is 225 g/mol. The zero-order valence-corrected chi connectivity index (χ0v) is 10.2. The van der Waals surface area contributed by atoms with Gasteiger partial charge < -0.3 is 14.6 Å². The van der Waals surface area contributed by atoms with Gasteiger partial charge in [-0.3, -0.25) is 0 Å². The van der Waals surface area contributed by atoms with Crippen LogP contribution in [-0.4, -0.2) is 21.2 Å². The Kier molecular flexibility index (Phi) is 3.93. The van der Waals surface area contributed by atoms with Gasteiger partial charge in [-0.2, -0.15) is 0 Å². The smallest absolute Gasteiger partial charge is 0.409 e. The molecule has 0 aromatic carbocycles. The number of hydrogen-bond donors (Lipinski definition) is 1. The molecule has 0 saturated carbocycles. The van der Waals surface area contributed by atoms with Crippen molar-refractivity contribution in [2.45, 2.75) is 45.9 Å². The molecule has 1 amide bonds. The van der Waals surface area contributed by atoms with Gasteiger partial charge in [0.1, 0.15) is 11.8 Å². The molecule has 0 radical (unpaired) electrons. The highest BCUT2D eigenvalue weighted by Crippen LogP contribution is 2.10. The van der Waals surface area contributed by atoms with Crippen LogP contribution in [-0.2, 0) is 4.74 Å². The third kappa shape index (κ3) is 3.92. The first-order valence-corrected chi connectivity index (χ1v) is 5.39. The Balaban J connectivity index is 2.55. The number of alkyl carbamates (subject to hydrolysis) is 1. The van der Waals surface area contributed by atoms with Gasteiger partial charge in [0.05, 0.1) is 6.33 Å². The Morgan fingerprint density at radius 3 is 2.69 bits per heavy atom. The lowest BCUT2D eigenvalue weighted by Gasteiger charge is -2.23. The molecule has 90 valence electrons. The Bertz CT molecular complexity index is 327. The van der Waals surface area contributed by atoms with E-state index in [9.17, 15) is 4.79 Å². The van der Waals surface area contributed by atoms with E-state index < -0.39 is 11.7 Å². The summed E-state index contributed by atoms with van der Waals surface area (Å²) in [7, 11) is 0. The molecule has 0 aliphatic carbocycles. The lowest BCUT2D eigenvalue weighted by Crippen LogP contribution is -2.36. The Morgan fingerprint density at radius 1 is 1.56 bits per heavy atom. The van der Waals surface area contributed by atoms with E-state index in [2.05, 4.69) is 10.3 Å². The third-order valence-electron chi connectivity index (χ3n) is 1.95. The number of imidazole rings is 1. The van der Waals surface area contributed by atoms with Crippen molar-refractivity contribution >= 4 is 6.09 Å².